The lowest BCUT2D eigenvalue weighted by molar-refractivity contribution is -0.141. The van der Waals surface area contributed by atoms with Crippen molar-refractivity contribution >= 4 is 17.5 Å². The largest absolute Gasteiger partial charge is 0.457 e. The van der Waals surface area contributed by atoms with Crippen molar-refractivity contribution in [1.82, 2.24) is 4.90 Å². The molecule has 2 rings (SSSR count). The monoisotopic (exact) mass is 327 g/mol. The molecule has 6 nitrogen and oxygen atoms in total. The van der Waals surface area contributed by atoms with Crippen molar-refractivity contribution in [2.75, 3.05) is 13.2 Å². The van der Waals surface area contributed by atoms with Crippen molar-refractivity contribution in [2.24, 2.45) is 0 Å². The van der Waals surface area contributed by atoms with Gasteiger partial charge in [-0.1, -0.05) is 30.3 Å². The smallest absolute Gasteiger partial charge is 0.441 e. The van der Waals surface area contributed by atoms with Gasteiger partial charge in [-0.25, -0.2) is 4.79 Å². The van der Waals surface area contributed by atoms with Crippen LogP contribution in [0.5, 0.6) is 0 Å². The van der Waals surface area contributed by atoms with Gasteiger partial charge in [-0.15, -0.1) is 6.58 Å². The molecule has 0 spiro atoms. The molecule has 0 saturated carbocycles. The van der Waals surface area contributed by atoms with E-state index in [9.17, 15) is 9.59 Å². The van der Waals surface area contributed by atoms with Crippen LogP contribution in [0.15, 0.2) is 36.9 Å². The molecule has 0 fully saturated rings. The van der Waals surface area contributed by atoms with Gasteiger partial charge >= 0.3 is 11.7 Å². The number of benzene rings is 1. The highest BCUT2D eigenvalue weighted by atomic mass is 16.5. The Kier molecular flexibility index (Phi) is 6.18. The lowest BCUT2D eigenvalue weighted by atomic mass is 9.93. The van der Waals surface area contributed by atoms with Crippen LogP contribution in [0.25, 0.3) is 5.53 Å². The first-order valence-electron chi connectivity index (χ1n) is 7.96. The van der Waals surface area contributed by atoms with E-state index in [4.69, 9.17) is 10.3 Å². The Hall–Kier alpha value is -2.56. The molecule has 1 aromatic carbocycles. The van der Waals surface area contributed by atoms with E-state index < -0.39 is 17.5 Å². The number of hydrogen-bond acceptors (Lipinski definition) is 4. The molecular weight excluding hydrogens is 306 g/mol. The summed E-state index contributed by atoms with van der Waals surface area (Å²) in [5.74, 6) is -1.42. The third-order valence-corrected chi connectivity index (χ3v) is 4.12. The van der Waals surface area contributed by atoms with Gasteiger partial charge in [0, 0.05) is 25.6 Å². The number of carbonyl (C=O) groups excluding carboxylic acids is 2. The van der Waals surface area contributed by atoms with Crippen LogP contribution in [-0.4, -0.2) is 46.3 Å². The van der Waals surface area contributed by atoms with E-state index in [0.717, 1.165) is 6.42 Å². The number of hydrogen-bond donors (Lipinski definition) is 0. The maximum absolute atomic E-state index is 12.1. The van der Waals surface area contributed by atoms with Crippen LogP contribution in [0.4, 0.5) is 0 Å². The molecule has 0 saturated heterocycles. The summed E-state index contributed by atoms with van der Waals surface area (Å²) in [5, 5.41) is 0. The fourth-order valence-electron chi connectivity index (χ4n) is 2.85. The molecule has 0 radical (unpaired) electrons. The van der Waals surface area contributed by atoms with Crippen LogP contribution in [0, 0.1) is 0 Å². The third-order valence-electron chi connectivity index (χ3n) is 4.12. The quantitative estimate of drug-likeness (QED) is 0.191. The molecule has 1 aromatic rings. The first kappa shape index (κ1) is 17.8. The number of ether oxygens (including phenoxy) is 1. The van der Waals surface area contributed by atoms with Gasteiger partial charge in [-0.2, -0.15) is 4.79 Å². The molecule has 0 amide bonds. The summed E-state index contributed by atoms with van der Waals surface area (Å²) in [5.41, 5.74) is 10.9. The Morgan fingerprint density at radius 3 is 2.75 bits per heavy atom. The number of fused-ring (bicyclic) bond motifs is 1. The van der Waals surface area contributed by atoms with Gasteiger partial charge < -0.3 is 10.3 Å². The molecule has 0 bridgehead atoms. The minimum Gasteiger partial charge on any atom is -0.457 e. The third kappa shape index (κ3) is 4.04. The Labute approximate surface area is 141 Å². The Bertz CT molecular complexity index is 693. The van der Waals surface area contributed by atoms with Crippen molar-refractivity contribution in [3.63, 3.8) is 0 Å². The summed E-state index contributed by atoms with van der Waals surface area (Å²) in [6.45, 7) is 6.77. The van der Waals surface area contributed by atoms with Crippen LogP contribution in [0.2, 0.25) is 0 Å². The highest BCUT2D eigenvalue weighted by molar-refractivity contribution is 6.62. The van der Waals surface area contributed by atoms with Crippen molar-refractivity contribution in [2.45, 2.75) is 32.4 Å². The van der Waals surface area contributed by atoms with E-state index in [1.165, 1.54) is 11.1 Å². The maximum Gasteiger partial charge on any atom is 0.441 e. The van der Waals surface area contributed by atoms with Crippen LogP contribution < -0.4 is 0 Å². The highest BCUT2D eigenvalue weighted by Crippen LogP contribution is 2.23. The van der Waals surface area contributed by atoms with Crippen molar-refractivity contribution in [3.8, 4) is 0 Å². The summed E-state index contributed by atoms with van der Waals surface area (Å²) in [4.78, 5) is 28.6. The van der Waals surface area contributed by atoms with Gasteiger partial charge in [0.15, 0.2) is 0 Å². The second-order valence-corrected chi connectivity index (χ2v) is 5.59. The number of carbonyl (C=O) groups is 2. The zero-order valence-corrected chi connectivity index (χ0v) is 13.8. The predicted molar refractivity (Wildman–Crippen MR) is 89.4 cm³/mol. The number of rotatable bonds is 7. The van der Waals surface area contributed by atoms with E-state index in [-0.39, 0.29) is 19.1 Å². The van der Waals surface area contributed by atoms with Gasteiger partial charge in [0.25, 0.3) is 5.78 Å². The fraction of sp³-hybridized carbons (Fsp3) is 0.389. The SMILES string of the molecule is C=C[C@@H]1Cc2ccccc2CN1CCC(=O)C(=[N+]=[N-])C(=O)OCC. The predicted octanol–water partition coefficient (Wildman–Crippen LogP) is 1.79. The second kappa shape index (κ2) is 8.34. The number of Topliss-reactive ketones (excluding diaryl/α,β-unsaturated/α-hetero) is 1. The second-order valence-electron chi connectivity index (χ2n) is 5.59. The summed E-state index contributed by atoms with van der Waals surface area (Å²) in [6.07, 6.45) is 2.78. The average Bonchev–Trinajstić information content (AvgIpc) is 2.59. The molecule has 6 heteroatoms. The van der Waals surface area contributed by atoms with Crippen LogP contribution in [-0.2, 0) is 27.3 Å². The van der Waals surface area contributed by atoms with Crippen LogP contribution in [0.3, 0.4) is 0 Å². The normalized spacial score (nSPS) is 16.6. The molecular formula is C18H21N3O3. The topological polar surface area (TPSA) is 83.0 Å². The van der Waals surface area contributed by atoms with E-state index in [2.05, 4.69) is 28.4 Å². The van der Waals surface area contributed by atoms with Crippen LogP contribution in [0.1, 0.15) is 24.5 Å². The fourth-order valence-corrected chi connectivity index (χ4v) is 2.85. The van der Waals surface area contributed by atoms with Crippen molar-refractivity contribution in [3.05, 3.63) is 53.6 Å². The summed E-state index contributed by atoms with van der Waals surface area (Å²) < 4.78 is 4.72. The van der Waals surface area contributed by atoms with Gasteiger partial charge in [0.1, 0.15) is 0 Å². The molecule has 0 unspecified atom stereocenters. The lowest BCUT2D eigenvalue weighted by Gasteiger charge is -2.35. The molecule has 1 aliphatic rings. The highest BCUT2D eigenvalue weighted by Gasteiger charge is 2.32. The van der Waals surface area contributed by atoms with Gasteiger partial charge in [0.2, 0.25) is 0 Å². The van der Waals surface area contributed by atoms with Crippen LogP contribution >= 0.6 is 0 Å². The van der Waals surface area contributed by atoms with E-state index in [1.807, 2.05) is 18.2 Å². The van der Waals surface area contributed by atoms with E-state index in [0.29, 0.717) is 13.1 Å². The minimum atomic E-state index is -0.894. The summed E-state index contributed by atoms with van der Waals surface area (Å²) in [7, 11) is 0. The molecule has 1 aliphatic heterocycles. The molecule has 126 valence electrons. The first-order chi connectivity index (χ1) is 11.6. The molecule has 1 heterocycles. The van der Waals surface area contributed by atoms with Crippen molar-refractivity contribution in [1.29, 1.82) is 0 Å². The molecule has 1 atom stereocenters. The molecule has 0 aromatic heterocycles. The Morgan fingerprint density at radius 2 is 2.12 bits per heavy atom. The van der Waals surface area contributed by atoms with Gasteiger partial charge in [-0.3, -0.25) is 9.69 Å². The Balaban J connectivity index is 2.02. The van der Waals surface area contributed by atoms with Gasteiger partial charge in [0.05, 0.1) is 6.61 Å². The molecule has 0 N–H and O–H groups in total. The van der Waals surface area contributed by atoms with E-state index in [1.54, 1.807) is 6.92 Å². The lowest BCUT2D eigenvalue weighted by Crippen LogP contribution is -2.41. The molecule has 24 heavy (non-hydrogen) atoms. The standard InChI is InChI=1S/C18H21N3O3/c1-3-15-11-13-7-5-6-8-14(13)12-21(15)10-9-16(22)17(20-19)18(23)24-4-2/h3,5-8,15H,1,4,9-12H2,2H3/t15-/m1/s1. The zero-order valence-electron chi connectivity index (χ0n) is 13.8. The first-order valence-corrected chi connectivity index (χ1v) is 7.96. The summed E-state index contributed by atoms with van der Waals surface area (Å²) in [6, 6.07) is 8.31. The van der Waals surface area contributed by atoms with E-state index >= 15 is 0 Å². The number of esters is 1. The summed E-state index contributed by atoms with van der Waals surface area (Å²) >= 11 is 0. The number of ketones is 1. The number of nitrogens with zero attached hydrogens (tertiary/aromatic N) is 3. The maximum atomic E-state index is 12.1. The Morgan fingerprint density at radius 1 is 1.42 bits per heavy atom. The molecule has 0 aliphatic carbocycles. The van der Waals surface area contributed by atoms with Gasteiger partial charge in [-0.05, 0) is 24.5 Å². The average molecular weight is 327 g/mol. The van der Waals surface area contributed by atoms with Crippen molar-refractivity contribution < 1.29 is 19.1 Å². The zero-order chi connectivity index (χ0) is 17.5. The minimum absolute atomic E-state index is 0.0741.